The summed E-state index contributed by atoms with van der Waals surface area (Å²) in [6.07, 6.45) is 2.23. The summed E-state index contributed by atoms with van der Waals surface area (Å²) in [5, 5.41) is 0. The summed E-state index contributed by atoms with van der Waals surface area (Å²) in [4.78, 5) is 24.0. The molecule has 0 aromatic rings. The summed E-state index contributed by atoms with van der Waals surface area (Å²) in [7, 11) is 0. The van der Waals surface area contributed by atoms with E-state index in [2.05, 4.69) is 0 Å². The third-order valence-electron chi connectivity index (χ3n) is 2.43. The minimum Gasteiger partial charge on any atom is -0.335 e. The minimum atomic E-state index is -0.223. The number of nitrogens with zero attached hydrogens (tertiary/aromatic N) is 1. The van der Waals surface area contributed by atoms with Gasteiger partial charge in [0, 0.05) is 13.0 Å². The number of amides is 1. The molecule has 74 valence electrons. The van der Waals surface area contributed by atoms with Crippen molar-refractivity contribution in [1.29, 1.82) is 0 Å². The molecule has 3 nitrogen and oxygen atoms in total. The zero-order valence-corrected chi connectivity index (χ0v) is 8.54. The van der Waals surface area contributed by atoms with Crippen LogP contribution in [0.5, 0.6) is 0 Å². The van der Waals surface area contributed by atoms with Crippen LogP contribution in [0.15, 0.2) is 0 Å². The molecule has 3 heteroatoms. The predicted molar refractivity (Wildman–Crippen MR) is 50.3 cm³/mol. The monoisotopic (exact) mass is 183 g/mol. The lowest BCUT2D eigenvalue weighted by atomic mass is 9.80. The molecule has 1 aliphatic rings. The quantitative estimate of drug-likeness (QED) is 0.573. The van der Waals surface area contributed by atoms with Crippen molar-refractivity contribution in [2.75, 3.05) is 6.54 Å². The van der Waals surface area contributed by atoms with Crippen LogP contribution in [0.25, 0.3) is 0 Å². The molecular weight excluding hydrogens is 166 g/mol. The van der Waals surface area contributed by atoms with Gasteiger partial charge in [0.1, 0.15) is 0 Å². The maximum atomic E-state index is 11.6. The second kappa shape index (κ2) is 3.48. The molecule has 1 saturated heterocycles. The molecule has 1 rings (SSSR count). The highest BCUT2D eigenvalue weighted by Gasteiger charge is 2.37. The van der Waals surface area contributed by atoms with Crippen molar-refractivity contribution in [3.8, 4) is 0 Å². The van der Waals surface area contributed by atoms with E-state index in [0.717, 1.165) is 19.4 Å². The minimum absolute atomic E-state index is 0.140. The van der Waals surface area contributed by atoms with Crippen molar-refractivity contribution < 1.29 is 9.59 Å². The van der Waals surface area contributed by atoms with Gasteiger partial charge in [0.25, 0.3) is 0 Å². The van der Waals surface area contributed by atoms with Crippen LogP contribution in [-0.2, 0) is 9.59 Å². The molecule has 1 fully saturated rings. The van der Waals surface area contributed by atoms with Crippen molar-refractivity contribution in [2.24, 2.45) is 5.41 Å². The van der Waals surface area contributed by atoms with Crippen LogP contribution in [0.1, 0.15) is 33.6 Å². The lowest BCUT2D eigenvalue weighted by Gasteiger charge is -2.39. The number of likely N-dealkylation sites (tertiary alicyclic amines) is 1. The highest BCUT2D eigenvalue weighted by Crippen LogP contribution is 2.28. The molecule has 1 heterocycles. The first-order valence-electron chi connectivity index (χ1n) is 4.70. The molecule has 0 aromatic heterocycles. The van der Waals surface area contributed by atoms with E-state index in [0.29, 0.717) is 6.42 Å². The molecule has 1 amide bonds. The Morgan fingerprint density at radius 3 is 2.46 bits per heavy atom. The SMILES string of the molecule is CC(C)(C)C1C(=O)CCCN1C=O. The molecule has 0 bridgehead atoms. The molecule has 1 atom stereocenters. The Morgan fingerprint density at radius 2 is 2.08 bits per heavy atom. The molecular formula is C10H17NO2. The smallest absolute Gasteiger partial charge is 0.210 e. The molecule has 1 unspecified atom stereocenters. The van der Waals surface area contributed by atoms with Gasteiger partial charge in [-0.25, -0.2) is 0 Å². The van der Waals surface area contributed by atoms with E-state index in [1.807, 2.05) is 20.8 Å². The van der Waals surface area contributed by atoms with Gasteiger partial charge >= 0.3 is 0 Å². The van der Waals surface area contributed by atoms with Gasteiger partial charge in [-0.15, -0.1) is 0 Å². The lowest BCUT2D eigenvalue weighted by molar-refractivity contribution is -0.139. The Morgan fingerprint density at radius 1 is 1.46 bits per heavy atom. The molecule has 0 N–H and O–H groups in total. The summed E-state index contributed by atoms with van der Waals surface area (Å²) in [5.74, 6) is 0.200. The van der Waals surface area contributed by atoms with Crippen molar-refractivity contribution in [2.45, 2.75) is 39.7 Å². The average Bonchev–Trinajstić information content (AvgIpc) is 2.01. The van der Waals surface area contributed by atoms with E-state index in [-0.39, 0.29) is 17.2 Å². The number of piperidine rings is 1. The van der Waals surface area contributed by atoms with E-state index in [1.54, 1.807) is 4.90 Å². The van der Waals surface area contributed by atoms with Gasteiger partial charge < -0.3 is 4.90 Å². The highest BCUT2D eigenvalue weighted by atomic mass is 16.1. The molecule has 0 aromatic carbocycles. The fourth-order valence-electron chi connectivity index (χ4n) is 1.98. The van der Waals surface area contributed by atoms with Crippen molar-refractivity contribution >= 4 is 12.2 Å². The van der Waals surface area contributed by atoms with Gasteiger partial charge in [-0.2, -0.15) is 0 Å². The Bertz CT molecular complexity index is 217. The fraction of sp³-hybridized carbons (Fsp3) is 0.800. The number of hydrogen-bond acceptors (Lipinski definition) is 2. The normalized spacial score (nSPS) is 24.7. The predicted octanol–water partition coefficient (Wildman–Crippen LogP) is 1.22. The lowest BCUT2D eigenvalue weighted by Crippen LogP contribution is -2.51. The van der Waals surface area contributed by atoms with Gasteiger partial charge in [-0.1, -0.05) is 20.8 Å². The van der Waals surface area contributed by atoms with Crippen LogP contribution in [0.4, 0.5) is 0 Å². The van der Waals surface area contributed by atoms with Crippen LogP contribution >= 0.6 is 0 Å². The standard InChI is InChI=1S/C10H17NO2/c1-10(2,3)9-8(13)5-4-6-11(9)7-12/h7,9H,4-6H2,1-3H3. The number of ketones is 1. The molecule has 1 aliphatic heterocycles. The summed E-state index contributed by atoms with van der Waals surface area (Å²) in [6.45, 7) is 6.71. The fourth-order valence-corrected chi connectivity index (χ4v) is 1.98. The molecule has 0 saturated carbocycles. The van der Waals surface area contributed by atoms with Gasteiger partial charge in [0.15, 0.2) is 5.78 Å². The topological polar surface area (TPSA) is 37.4 Å². The zero-order valence-electron chi connectivity index (χ0n) is 8.54. The Balaban J connectivity index is 2.86. The highest BCUT2D eigenvalue weighted by molar-refractivity contribution is 5.87. The second-order valence-electron chi connectivity index (χ2n) is 4.68. The Hall–Kier alpha value is -0.860. The first-order valence-corrected chi connectivity index (χ1v) is 4.70. The number of carbonyl (C=O) groups is 2. The van der Waals surface area contributed by atoms with Crippen LogP contribution in [0.2, 0.25) is 0 Å². The zero-order chi connectivity index (χ0) is 10.1. The maximum absolute atomic E-state index is 11.6. The number of rotatable bonds is 1. The molecule has 0 aliphatic carbocycles. The number of Topliss-reactive ketones (excluding diaryl/α,β-unsaturated/α-hetero) is 1. The van der Waals surface area contributed by atoms with Crippen LogP contribution in [0, 0.1) is 5.41 Å². The van der Waals surface area contributed by atoms with Crippen LogP contribution < -0.4 is 0 Å². The summed E-state index contributed by atoms with van der Waals surface area (Å²) in [6, 6.07) is -0.223. The third kappa shape index (κ3) is 2.08. The van der Waals surface area contributed by atoms with E-state index in [4.69, 9.17) is 0 Å². The molecule has 13 heavy (non-hydrogen) atoms. The number of carbonyl (C=O) groups excluding carboxylic acids is 2. The van der Waals surface area contributed by atoms with Gasteiger partial charge in [0.05, 0.1) is 6.04 Å². The molecule has 0 radical (unpaired) electrons. The van der Waals surface area contributed by atoms with E-state index < -0.39 is 0 Å². The van der Waals surface area contributed by atoms with Gasteiger partial charge in [-0.05, 0) is 11.8 Å². The molecule has 0 spiro atoms. The van der Waals surface area contributed by atoms with E-state index in [9.17, 15) is 9.59 Å². The Labute approximate surface area is 79.1 Å². The first-order chi connectivity index (χ1) is 5.96. The third-order valence-corrected chi connectivity index (χ3v) is 2.43. The van der Waals surface area contributed by atoms with Crippen LogP contribution in [0.3, 0.4) is 0 Å². The maximum Gasteiger partial charge on any atom is 0.210 e. The average molecular weight is 183 g/mol. The summed E-state index contributed by atoms with van der Waals surface area (Å²) < 4.78 is 0. The van der Waals surface area contributed by atoms with Crippen LogP contribution in [-0.4, -0.2) is 29.7 Å². The summed E-state index contributed by atoms with van der Waals surface area (Å²) in [5.41, 5.74) is -0.140. The van der Waals surface area contributed by atoms with E-state index in [1.165, 1.54) is 0 Å². The van der Waals surface area contributed by atoms with Gasteiger partial charge in [0.2, 0.25) is 6.41 Å². The second-order valence-corrected chi connectivity index (χ2v) is 4.68. The van der Waals surface area contributed by atoms with Gasteiger partial charge in [-0.3, -0.25) is 9.59 Å². The first kappa shape index (κ1) is 10.2. The van der Waals surface area contributed by atoms with Crippen molar-refractivity contribution in [3.05, 3.63) is 0 Å². The van der Waals surface area contributed by atoms with Crippen molar-refractivity contribution in [3.63, 3.8) is 0 Å². The number of hydrogen-bond donors (Lipinski definition) is 0. The van der Waals surface area contributed by atoms with E-state index >= 15 is 0 Å². The van der Waals surface area contributed by atoms with Crippen molar-refractivity contribution in [1.82, 2.24) is 4.90 Å². The Kier molecular flexibility index (Phi) is 2.74. The largest absolute Gasteiger partial charge is 0.335 e. The summed E-state index contributed by atoms with van der Waals surface area (Å²) >= 11 is 0.